The minimum absolute atomic E-state index is 0.115. The molecule has 0 spiro atoms. The van der Waals surface area contributed by atoms with Gasteiger partial charge in [0.2, 0.25) is 11.7 Å². The molecular weight excluding hydrogens is 715 g/mol. The molecule has 0 N–H and O–H groups in total. The van der Waals surface area contributed by atoms with Crippen molar-refractivity contribution in [2.75, 3.05) is 0 Å². The van der Waals surface area contributed by atoms with Crippen LogP contribution < -0.4 is 14.2 Å². The van der Waals surface area contributed by atoms with E-state index in [9.17, 15) is 46.7 Å². The molecule has 4 rings (SSSR count). The fourth-order valence-corrected chi connectivity index (χ4v) is 5.82. The van der Waals surface area contributed by atoms with Crippen LogP contribution in [0.1, 0.15) is 63.0 Å². The number of amides is 3. The van der Waals surface area contributed by atoms with Crippen LogP contribution in [0.15, 0.2) is 79.0 Å². The van der Waals surface area contributed by atoms with Crippen molar-refractivity contribution in [1.29, 1.82) is 0 Å². The second kappa shape index (κ2) is 16.6. The first kappa shape index (κ1) is 40.5. The third-order valence-corrected chi connectivity index (χ3v) is 7.89. The molecule has 0 saturated carbocycles. The number of ketones is 1. The van der Waals surface area contributed by atoms with Gasteiger partial charge in [0.25, 0.3) is 17.6 Å². The summed E-state index contributed by atoms with van der Waals surface area (Å²) in [6.45, 7) is 6.98. The summed E-state index contributed by atoms with van der Waals surface area (Å²) < 4.78 is 58.9. The first-order valence-electron chi connectivity index (χ1n) is 16.4. The molecule has 54 heavy (non-hydrogen) atoms. The molecule has 13 nitrogen and oxygen atoms in total. The van der Waals surface area contributed by atoms with E-state index in [0.29, 0.717) is 10.0 Å². The zero-order chi connectivity index (χ0) is 40.1. The van der Waals surface area contributed by atoms with Gasteiger partial charge in [0, 0.05) is 51.4 Å². The minimum Gasteiger partial charge on any atom is -0.423 e. The number of Topliss-reactive ketones (excluding diaryl/α,β-unsaturated/α-hetero) is 1. The molecule has 1 aliphatic rings. The lowest BCUT2D eigenvalue weighted by Gasteiger charge is -2.47. The highest BCUT2D eigenvalue weighted by molar-refractivity contribution is 6.04. The van der Waals surface area contributed by atoms with Crippen LogP contribution in [0.25, 0.3) is 5.70 Å². The maximum absolute atomic E-state index is 14.9. The molecule has 1 aliphatic heterocycles. The Morgan fingerprint density at radius 1 is 0.778 bits per heavy atom. The number of rotatable bonds is 11. The number of esters is 3. The van der Waals surface area contributed by atoms with E-state index in [1.54, 1.807) is 38.1 Å². The van der Waals surface area contributed by atoms with Crippen LogP contribution in [0.2, 0.25) is 0 Å². The molecule has 2 atom stereocenters. The van der Waals surface area contributed by atoms with Gasteiger partial charge in [-0.05, 0) is 35.7 Å². The Morgan fingerprint density at radius 2 is 1.28 bits per heavy atom. The Hall–Kier alpha value is -6.32. The quantitative estimate of drug-likeness (QED) is 0.187. The Balaban J connectivity index is 2.13. The fourth-order valence-electron chi connectivity index (χ4n) is 5.82. The Kier molecular flexibility index (Phi) is 12.4. The van der Waals surface area contributed by atoms with Crippen molar-refractivity contribution in [2.24, 2.45) is 5.92 Å². The van der Waals surface area contributed by atoms with Gasteiger partial charge < -0.3 is 14.2 Å². The lowest BCUT2D eigenvalue weighted by Crippen LogP contribution is -2.64. The van der Waals surface area contributed by atoms with Crippen molar-refractivity contribution in [1.82, 2.24) is 14.9 Å². The molecule has 0 saturated heterocycles. The van der Waals surface area contributed by atoms with Crippen LogP contribution in [0.3, 0.4) is 0 Å². The normalized spacial score (nSPS) is 14.9. The van der Waals surface area contributed by atoms with E-state index in [-0.39, 0.29) is 16.7 Å². The summed E-state index contributed by atoms with van der Waals surface area (Å²) >= 11 is 0. The van der Waals surface area contributed by atoms with Crippen molar-refractivity contribution in [2.45, 2.75) is 66.2 Å². The maximum atomic E-state index is 14.9. The molecule has 3 amide bonds. The van der Waals surface area contributed by atoms with Gasteiger partial charge in [-0.3, -0.25) is 38.5 Å². The molecule has 16 heteroatoms. The largest absolute Gasteiger partial charge is 0.452 e. The highest BCUT2D eigenvalue weighted by Gasteiger charge is 2.52. The molecule has 1 heterocycles. The SMILES string of the molecule is CC(=O)Oc1cc(C2=CN(C(=O)c3ccccc3)C(C(C)C)C(=O)N2N(C(C)=O)C(Cc2ccccc2)C(=O)C(F)(F)F)cc(OC(C)=O)c1OC(C)=O. The Bertz CT molecular complexity index is 1960. The van der Waals surface area contributed by atoms with Crippen LogP contribution in [0, 0.1) is 5.92 Å². The van der Waals surface area contributed by atoms with Gasteiger partial charge in [0.1, 0.15) is 12.1 Å². The summed E-state index contributed by atoms with van der Waals surface area (Å²) in [5, 5.41) is 0.933. The maximum Gasteiger partial charge on any atom is 0.452 e. The summed E-state index contributed by atoms with van der Waals surface area (Å²) in [5.74, 6) is -10.6. The molecule has 284 valence electrons. The van der Waals surface area contributed by atoms with E-state index in [4.69, 9.17) is 14.2 Å². The van der Waals surface area contributed by atoms with Gasteiger partial charge in [-0.15, -0.1) is 0 Å². The second-order valence-electron chi connectivity index (χ2n) is 12.4. The van der Waals surface area contributed by atoms with E-state index >= 15 is 0 Å². The van der Waals surface area contributed by atoms with E-state index in [0.717, 1.165) is 50.9 Å². The van der Waals surface area contributed by atoms with Gasteiger partial charge in [0.15, 0.2) is 11.5 Å². The molecule has 0 radical (unpaired) electrons. The minimum atomic E-state index is -5.49. The summed E-state index contributed by atoms with van der Waals surface area (Å²) in [5.41, 5.74) is -0.448. The van der Waals surface area contributed by atoms with Crippen molar-refractivity contribution < 1.29 is 60.9 Å². The molecule has 0 aliphatic carbocycles. The first-order chi connectivity index (χ1) is 25.3. The first-order valence-corrected chi connectivity index (χ1v) is 16.4. The summed E-state index contributed by atoms with van der Waals surface area (Å²) in [4.78, 5) is 93.5. The number of halogens is 3. The average Bonchev–Trinajstić information content (AvgIpc) is 3.08. The smallest absolute Gasteiger partial charge is 0.423 e. The van der Waals surface area contributed by atoms with E-state index < -0.39 is 95.0 Å². The van der Waals surface area contributed by atoms with Crippen molar-refractivity contribution in [3.05, 3.63) is 95.7 Å². The second-order valence-corrected chi connectivity index (χ2v) is 12.4. The third kappa shape index (κ3) is 9.18. The zero-order valence-electron chi connectivity index (χ0n) is 30.0. The lowest BCUT2D eigenvalue weighted by atomic mass is 9.96. The molecule has 0 aromatic heterocycles. The van der Waals surface area contributed by atoms with Crippen molar-refractivity contribution in [3.8, 4) is 17.2 Å². The van der Waals surface area contributed by atoms with Crippen molar-refractivity contribution >= 4 is 47.1 Å². The average molecular weight is 752 g/mol. The number of benzene rings is 3. The number of hydrogen-bond donors (Lipinski definition) is 0. The van der Waals surface area contributed by atoms with E-state index in [1.165, 1.54) is 36.4 Å². The molecule has 2 unspecified atom stereocenters. The predicted octanol–water partition coefficient (Wildman–Crippen LogP) is 5.28. The molecule has 0 fully saturated rings. The fraction of sp³-hybridized carbons (Fsp3) is 0.289. The molecule has 3 aromatic carbocycles. The number of hydrazine groups is 1. The topological polar surface area (TPSA) is 157 Å². The summed E-state index contributed by atoms with van der Waals surface area (Å²) in [6.07, 6.45) is -5.10. The number of alkyl halides is 3. The predicted molar refractivity (Wildman–Crippen MR) is 184 cm³/mol. The zero-order valence-corrected chi connectivity index (χ0v) is 30.0. The molecular formula is C38H36F3N3O10. The van der Waals surface area contributed by atoms with Gasteiger partial charge >= 0.3 is 24.1 Å². The van der Waals surface area contributed by atoms with Crippen LogP contribution >= 0.6 is 0 Å². The van der Waals surface area contributed by atoms with Crippen LogP contribution in [-0.4, -0.2) is 74.6 Å². The van der Waals surface area contributed by atoms with Crippen LogP contribution in [-0.2, 0) is 35.2 Å². The van der Waals surface area contributed by atoms with Crippen molar-refractivity contribution in [3.63, 3.8) is 0 Å². The highest BCUT2D eigenvalue weighted by Crippen LogP contribution is 2.44. The molecule has 3 aromatic rings. The van der Waals surface area contributed by atoms with Crippen LogP contribution in [0.4, 0.5) is 13.2 Å². The molecule has 0 bridgehead atoms. The number of hydrogen-bond acceptors (Lipinski definition) is 10. The number of carbonyl (C=O) groups is 7. The monoisotopic (exact) mass is 751 g/mol. The van der Waals surface area contributed by atoms with Gasteiger partial charge in [0.05, 0.1) is 5.70 Å². The van der Waals surface area contributed by atoms with E-state index in [1.807, 2.05) is 0 Å². The van der Waals surface area contributed by atoms with Gasteiger partial charge in [-0.25, -0.2) is 10.0 Å². The standard InChI is InChI=1S/C38H36F3N3O10/c1-21(2)33-37(51)44(43(22(3)45)29(35(49)38(39,40)41)17-26-13-9-7-10-14-26)30(20-42(33)36(50)27-15-11-8-12-16-27)28-18-31(52-23(4)46)34(54-25(6)48)32(19-28)53-24(5)47/h7-16,18-21,29,33H,17H2,1-6H3. The van der Waals surface area contributed by atoms with E-state index in [2.05, 4.69) is 0 Å². The Labute approximate surface area is 307 Å². The summed E-state index contributed by atoms with van der Waals surface area (Å²) in [7, 11) is 0. The number of nitrogens with zero attached hydrogens (tertiary/aromatic N) is 3. The van der Waals surface area contributed by atoms with Gasteiger partial charge in [-0.1, -0.05) is 62.4 Å². The van der Waals surface area contributed by atoms with Gasteiger partial charge in [-0.2, -0.15) is 13.2 Å². The third-order valence-electron chi connectivity index (χ3n) is 7.89. The number of ether oxygens (including phenoxy) is 3. The number of carbonyl (C=O) groups excluding carboxylic acids is 7. The van der Waals surface area contributed by atoms with Crippen LogP contribution in [0.5, 0.6) is 17.2 Å². The highest BCUT2D eigenvalue weighted by atomic mass is 19.4. The Morgan fingerprint density at radius 3 is 1.72 bits per heavy atom. The lowest BCUT2D eigenvalue weighted by molar-refractivity contribution is -0.187. The summed E-state index contributed by atoms with van der Waals surface area (Å²) in [6, 6.07) is 13.4.